The topological polar surface area (TPSA) is 63.3 Å². The van der Waals surface area contributed by atoms with E-state index in [9.17, 15) is 4.79 Å². The van der Waals surface area contributed by atoms with E-state index in [0.717, 1.165) is 6.42 Å². The molecule has 1 heterocycles. The lowest BCUT2D eigenvalue weighted by molar-refractivity contribution is 0.0689. The minimum absolute atomic E-state index is 0.0442. The van der Waals surface area contributed by atoms with Gasteiger partial charge in [0.25, 0.3) is 0 Å². The number of oxazole rings is 1. The molecule has 1 N–H and O–H groups in total. The van der Waals surface area contributed by atoms with Gasteiger partial charge in [0.2, 0.25) is 0 Å². The van der Waals surface area contributed by atoms with Crippen molar-refractivity contribution < 1.29 is 14.3 Å². The second-order valence-corrected chi connectivity index (χ2v) is 4.51. The Morgan fingerprint density at radius 2 is 2.21 bits per heavy atom. The van der Waals surface area contributed by atoms with Crippen molar-refractivity contribution in [1.82, 2.24) is 4.98 Å². The maximum atomic E-state index is 10.7. The summed E-state index contributed by atoms with van der Waals surface area (Å²) in [6, 6.07) is 0. The number of carbonyl (C=O) groups is 1. The van der Waals surface area contributed by atoms with Gasteiger partial charge in [0.1, 0.15) is 5.76 Å². The Morgan fingerprint density at radius 1 is 1.64 bits per heavy atom. The molecule has 4 heteroatoms. The Balaban J connectivity index is 2.30. The smallest absolute Gasteiger partial charge is 0.358 e. The van der Waals surface area contributed by atoms with Crippen molar-refractivity contribution in [3.63, 3.8) is 0 Å². The summed E-state index contributed by atoms with van der Waals surface area (Å²) in [6.45, 7) is 5.88. The second kappa shape index (κ2) is 2.59. The minimum Gasteiger partial charge on any atom is -0.476 e. The molecule has 0 saturated heterocycles. The van der Waals surface area contributed by atoms with Crippen LogP contribution in [0.2, 0.25) is 0 Å². The van der Waals surface area contributed by atoms with Gasteiger partial charge in [0.15, 0.2) is 11.6 Å². The van der Waals surface area contributed by atoms with E-state index in [1.54, 1.807) is 6.92 Å². The first-order chi connectivity index (χ1) is 6.42. The standard InChI is InChI=1S/C10H13NO3/c1-5-7(9(12)13)11-8(14-5)6-4-10(6,2)3/h6H,4H2,1-3H3,(H,12,13). The monoisotopic (exact) mass is 195 g/mol. The number of aryl methyl sites for hydroxylation is 1. The lowest BCUT2D eigenvalue weighted by Crippen LogP contribution is -1.99. The molecule has 1 saturated carbocycles. The van der Waals surface area contributed by atoms with Crippen LogP contribution in [0.4, 0.5) is 0 Å². The van der Waals surface area contributed by atoms with Gasteiger partial charge in [0.05, 0.1) is 0 Å². The Labute approximate surface area is 81.9 Å². The van der Waals surface area contributed by atoms with E-state index < -0.39 is 5.97 Å². The number of aromatic nitrogens is 1. The third-order valence-electron chi connectivity index (χ3n) is 2.83. The second-order valence-electron chi connectivity index (χ2n) is 4.51. The molecule has 1 aromatic heterocycles. The highest BCUT2D eigenvalue weighted by molar-refractivity contribution is 5.86. The van der Waals surface area contributed by atoms with E-state index in [0.29, 0.717) is 11.7 Å². The Hall–Kier alpha value is -1.32. The highest BCUT2D eigenvalue weighted by Crippen LogP contribution is 2.58. The van der Waals surface area contributed by atoms with Crippen LogP contribution in [0.25, 0.3) is 0 Å². The van der Waals surface area contributed by atoms with Crippen molar-refractivity contribution in [1.29, 1.82) is 0 Å². The van der Waals surface area contributed by atoms with E-state index >= 15 is 0 Å². The van der Waals surface area contributed by atoms with Gasteiger partial charge in [-0.05, 0) is 18.8 Å². The number of carboxylic acids is 1. The van der Waals surface area contributed by atoms with Gasteiger partial charge in [-0.3, -0.25) is 0 Å². The fourth-order valence-electron chi connectivity index (χ4n) is 1.65. The van der Waals surface area contributed by atoms with E-state index in [2.05, 4.69) is 18.8 Å². The first-order valence-corrected chi connectivity index (χ1v) is 4.62. The van der Waals surface area contributed by atoms with Crippen LogP contribution in [0, 0.1) is 12.3 Å². The summed E-state index contributed by atoms with van der Waals surface area (Å²) in [5, 5.41) is 8.79. The number of carboxylic acid groups (broad SMARTS) is 1. The predicted molar refractivity (Wildman–Crippen MR) is 49.3 cm³/mol. The highest BCUT2D eigenvalue weighted by Gasteiger charge is 2.50. The van der Waals surface area contributed by atoms with Gasteiger partial charge in [0, 0.05) is 5.92 Å². The van der Waals surface area contributed by atoms with Crippen LogP contribution < -0.4 is 0 Å². The number of hydrogen-bond donors (Lipinski definition) is 1. The molecule has 14 heavy (non-hydrogen) atoms. The van der Waals surface area contributed by atoms with Crippen LogP contribution >= 0.6 is 0 Å². The summed E-state index contributed by atoms with van der Waals surface area (Å²) < 4.78 is 5.34. The molecular formula is C10H13NO3. The maximum absolute atomic E-state index is 10.7. The van der Waals surface area contributed by atoms with Crippen molar-refractivity contribution in [2.45, 2.75) is 33.1 Å². The molecule has 0 bridgehead atoms. The van der Waals surface area contributed by atoms with Crippen molar-refractivity contribution in [2.24, 2.45) is 5.41 Å². The molecule has 1 aliphatic carbocycles. The summed E-state index contributed by atoms with van der Waals surface area (Å²) in [6.07, 6.45) is 1.02. The SMILES string of the molecule is Cc1oc(C2CC2(C)C)nc1C(=O)O. The zero-order valence-electron chi connectivity index (χ0n) is 8.50. The highest BCUT2D eigenvalue weighted by atomic mass is 16.4. The van der Waals surface area contributed by atoms with Crippen LogP contribution in [0.1, 0.15) is 48.3 Å². The van der Waals surface area contributed by atoms with Crippen molar-refractivity contribution in [3.8, 4) is 0 Å². The summed E-state index contributed by atoms with van der Waals surface area (Å²) in [5.41, 5.74) is 0.260. The Kier molecular flexibility index (Phi) is 1.71. The van der Waals surface area contributed by atoms with Crippen molar-refractivity contribution in [3.05, 3.63) is 17.3 Å². The number of hydrogen-bond acceptors (Lipinski definition) is 3. The summed E-state index contributed by atoms with van der Waals surface area (Å²) in [7, 11) is 0. The Bertz CT molecular complexity index is 392. The first-order valence-electron chi connectivity index (χ1n) is 4.62. The van der Waals surface area contributed by atoms with Gasteiger partial charge in [-0.25, -0.2) is 9.78 Å². The molecule has 2 rings (SSSR count). The van der Waals surface area contributed by atoms with Crippen molar-refractivity contribution in [2.75, 3.05) is 0 Å². The Morgan fingerprint density at radius 3 is 2.57 bits per heavy atom. The molecule has 0 amide bonds. The van der Waals surface area contributed by atoms with Crippen LogP contribution in [0.5, 0.6) is 0 Å². The zero-order valence-corrected chi connectivity index (χ0v) is 8.50. The lowest BCUT2D eigenvalue weighted by Gasteiger charge is -1.96. The molecular weight excluding hydrogens is 182 g/mol. The number of rotatable bonds is 2. The van der Waals surface area contributed by atoms with Gasteiger partial charge in [-0.2, -0.15) is 0 Å². The van der Waals surface area contributed by atoms with E-state index in [1.165, 1.54) is 0 Å². The van der Waals surface area contributed by atoms with Gasteiger partial charge >= 0.3 is 5.97 Å². The quantitative estimate of drug-likeness (QED) is 0.785. The molecule has 1 fully saturated rings. The molecule has 1 aromatic rings. The fourth-order valence-corrected chi connectivity index (χ4v) is 1.65. The van der Waals surface area contributed by atoms with E-state index in [-0.39, 0.29) is 17.0 Å². The molecule has 1 atom stereocenters. The number of aromatic carboxylic acids is 1. The summed E-state index contributed by atoms with van der Waals surface area (Å²) >= 11 is 0. The van der Waals surface area contributed by atoms with E-state index in [1.807, 2.05) is 0 Å². The molecule has 0 radical (unpaired) electrons. The van der Waals surface area contributed by atoms with Crippen LogP contribution in [-0.4, -0.2) is 16.1 Å². The summed E-state index contributed by atoms with van der Waals surface area (Å²) in [4.78, 5) is 14.7. The molecule has 0 spiro atoms. The average molecular weight is 195 g/mol. The zero-order chi connectivity index (χ0) is 10.5. The maximum Gasteiger partial charge on any atom is 0.358 e. The lowest BCUT2D eigenvalue weighted by atomic mass is 10.1. The number of nitrogens with zero attached hydrogens (tertiary/aromatic N) is 1. The van der Waals surface area contributed by atoms with Gasteiger partial charge < -0.3 is 9.52 Å². The fraction of sp³-hybridized carbons (Fsp3) is 0.600. The van der Waals surface area contributed by atoms with E-state index in [4.69, 9.17) is 9.52 Å². The van der Waals surface area contributed by atoms with Gasteiger partial charge in [-0.1, -0.05) is 13.8 Å². The predicted octanol–water partition coefficient (Wildman–Crippen LogP) is 2.19. The third kappa shape index (κ3) is 1.31. The van der Waals surface area contributed by atoms with Crippen LogP contribution in [0.15, 0.2) is 4.42 Å². The molecule has 4 nitrogen and oxygen atoms in total. The minimum atomic E-state index is -1.02. The molecule has 1 unspecified atom stereocenters. The van der Waals surface area contributed by atoms with Crippen LogP contribution in [0.3, 0.4) is 0 Å². The normalized spacial score (nSPS) is 23.5. The van der Waals surface area contributed by atoms with Gasteiger partial charge in [-0.15, -0.1) is 0 Å². The first kappa shape index (κ1) is 9.24. The molecule has 0 aromatic carbocycles. The summed E-state index contributed by atoms with van der Waals surface area (Å²) in [5.74, 6) is 0.241. The molecule has 1 aliphatic rings. The molecule has 0 aliphatic heterocycles. The largest absolute Gasteiger partial charge is 0.476 e. The average Bonchev–Trinajstić information content (AvgIpc) is 2.54. The third-order valence-corrected chi connectivity index (χ3v) is 2.83. The van der Waals surface area contributed by atoms with Crippen LogP contribution in [-0.2, 0) is 0 Å². The molecule has 76 valence electrons. The van der Waals surface area contributed by atoms with Crippen molar-refractivity contribution >= 4 is 5.97 Å².